The fourth-order valence-corrected chi connectivity index (χ4v) is 2.51. The standard InChI is InChI=1S/C18H20NO.C5H5.Fe/c1-3-19(4-2)17-12-10-16(11-13-17)18(20)14-9-15-7-5-6-8-15;1-2-4-5-3-1;/h5-14H,3-4H2,1-2H3;1-5H;/b14-9+;;. The van der Waals surface area contributed by atoms with Crippen molar-refractivity contribution >= 4 is 11.5 Å². The number of hydrogen-bond donors (Lipinski definition) is 0. The van der Waals surface area contributed by atoms with Crippen molar-refractivity contribution in [1.29, 1.82) is 0 Å². The van der Waals surface area contributed by atoms with Crippen LogP contribution in [0.25, 0.3) is 0 Å². The van der Waals surface area contributed by atoms with Crippen LogP contribution in [0, 0.1) is 12.8 Å². The maximum absolute atomic E-state index is 12.1. The van der Waals surface area contributed by atoms with E-state index in [9.17, 15) is 4.79 Å². The van der Waals surface area contributed by atoms with E-state index in [4.69, 9.17) is 0 Å². The Kier molecular flexibility index (Phi) is 10.4. The van der Waals surface area contributed by atoms with E-state index >= 15 is 0 Å². The summed E-state index contributed by atoms with van der Waals surface area (Å²) in [6.45, 7) is 6.21. The second kappa shape index (κ2) is 12.3. The van der Waals surface area contributed by atoms with Crippen molar-refractivity contribution in [1.82, 2.24) is 0 Å². The summed E-state index contributed by atoms with van der Waals surface area (Å²) in [7, 11) is 0. The Balaban J connectivity index is 0.000000486. The number of benzene rings is 1. The molecule has 0 aromatic heterocycles. The Hall–Kier alpha value is -2.09. The molecule has 2 nitrogen and oxygen atoms in total. The van der Waals surface area contributed by atoms with Crippen molar-refractivity contribution in [3.05, 3.63) is 103 Å². The predicted octanol–water partition coefficient (Wildman–Crippen LogP) is 5.29. The fourth-order valence-electron chi connectivity index (χ4n) is 2.51. The minimum absolute atomic E-state index is 0. The van der Waals surface area contributed by atoms with Crippen LogP contribution < -0.4 is 4.90 Å². The first-order valence-corrected chi connectivity index (χ1v) is 8.70. The Morgan fingerprint density at radius 1 is 0.923 bits per heavy atom. The maximum Gasteiger partial charge on any atom is 0.185 e. The van der Waals surface area contributed by atoms with Crippen molar-refractivity contribution in [2.24, 2.45) is 0 Å². The summed E-state index contributed by atoms with van der Waals surface area (Å²) >= 11 is 0. The molecule has 0 unspecified atom stereocenters. The summed E-state index contributed by atoms with van der Waals surface area (Å²) in [5, 5.41) is 0. The molecule has 0 atom stereocenters. The molecule has 1 aromatic rings. The number of carbonyl (C=O) groups is 1. The third-order valence-electron chi connectivity index (χ3n) is 3.95. The van der Waals surface area contributed by atoms with Crippen LogP contribution in [-0.4, -0.2) is 18.9 Å². The van der Waals surface area contributed by atoms with Gasteiger partial charge in [-0.15, -0.1) is 0 Å². The van der Waals surface area contributed by atoms with Crippen LogP contribution in [0.4, 0.5) is 5.69 Å². The van der Waals surface area contributed by atoms with Gasteiger partial charge in [-0.1, -0.05) is 48.6 Å². The Morgan fingerprint density at radius 2 is 1.58 bits per heavy atom. The van der Waals surface area contributed by atoms with E-state index in [0.29, 0.717) is 0 Å². The van der Waals surface area contributed by atoms with Gasteiger partial charge in [0.2, 0.25) is 0 Å². The van der Waals surface area contributed by atoms with Crippen LogP contribution in [0.3, 0.4) is 0 Å². The molecule has 0 saturated heterocycles. The van der Waals surface area contributed by atoms with Crippen molar-refractivity contribution in [3.8, 4) is 0 Å². The maximum atomic E-state index is 12.1. The molecule has 1 aromatic carbocycles. The van der Waals surface area contributed by atoms with Gasteiger partial charge in [-0.05, 0) is 49.8 Å². The number of hydrogen-bond acceptors (Lipinski definition) is 2. The molecule has 3 heteroatoms. The number of ketones is 1. The summed E-state index contributed by atoms with van der Waals surface area (Å²) in [4.78, 5) is 14.3. The first-order valence-electron chi connectivity index (χ1n) is 8.70. The molecular weight excluding hydrogens is 362 g/mol. The molecular formula is C23H25FeNO. The number of allylic oxidation sites excluding steroid dienone is 10. The van der Waals surface area contributed by atoms with E-state index in [-0.39, 0.29) is 22.9 Å². The predicted molar refractivity (Wildman–Crippen MR) is 108 cm³/mol. The quantitative estimate of drug-likeness (QED) is 0.376. The number of carbonyl (C=O) groups excluding carboxylic acids is 1. The zero-order valence-corrected chi connectivity index (χ0v) is 16.4. The number of anilines is 1. The molecule has 2 radical (unpaired) electrons. The molecule has 136 valence electrons. The van der Waals surface area contributed by atoms with E-state index in [1.54, 1.807) is 6.08 Å². The van der Waals surface area contributed by atoms with Gasteiger partial charge in [-0.25, -0.2) is 0 Å². The zero-order chi connectivity index (χ0) is 17.9. The topological polar surface area (TPSA) is 20.3 Å². The van der Waals surface area contributed by atoms with Gasteiger partial charge >= 0.3 is 0 Å². The van der Waals surface area contributed by atoms with Gasteiger partial charge in [0.15, 0.2) is 5.78 Å². The second-order valence-corrected chi connectivity index (χ2v) is 5.60. The minimum Gasteiger partial charge on any atom is -0.372 e. The molecule has 0 N–H and O–H groups in total. The van der Waals surface area contributed by atoms with Gasteiger partial charge in [-0.2, -0.15) is 0 Å². The van der Waals surface area contributed by atoms with E-state index in [0.717, 1.165) is 29.9 Å². The van der Waals surface area contributed by atoms with Crippen LogP contribution >= 0.6 is 0 Å². The first kappa shape index (κ1) is 22.0. The summed E-state index contributed by atoms with van der Waals surface area (Å²) in [5.74, 6) is 0.0392. The fraction of sp³-hybridized carbons (Fsp3) is 0.174. The molecule has 0 saturated carbocycles. The van der Waals surface area contributed by atoms with Crippen molar-refractivity contribution in [3.63, 3.8) is 0 Å². The zero-order valence-electron chi connectivity index (χ0n) is 15.3. The molecule has 26 heavy (non-hydrogen) atoms. The number of rotatable bonds is 6. The molecule has 0 bridgehead atoms. The van der Waals surface area contributed by atoms with E-state index < -0.39 is 0 Å². The van der Waals surface area contributed by atoms with E-state index in [1.165, 1.54) is 0 Å². The Labute approximate surface area is 168 Å². The Morgan fingerprint density at radius 3 is 2.04 bits per heavy atom. The van der Waals surface area contributed by atoms with Crippen LogP contribution in [0.1, 0.15) is 24.2 Å². The third-order valence-corrected chi connectivity index (χ3v) is 3.95. The monoisotopic (exact) mass is 387 g/mol. The van der Waals surface area contributed by atoms with Gasteiger partial charge in [-0.3, -0.25) is 4.79 Å². The molecule has 0 amide bonds. The third kappa shape index (κ3) is 7.03. The molecule has 0 fully saturated rings. The van der Waals surface area contributed by atoms with Gasteiger partial charge < -0.3 is 4.90 Å². The van der Waals surface area contributed by atoms with Crippen molar-refractivity contribution < 1.29 is 21.9 Å². The van der Waals surface area contributed by atoms with Crippen molar-refractivity contribution in [2.75, 3.05) is 18.0 Å². The summed E-state index contributed by atoms with van der Waals surface area (Å²) in [6, 6.07) is 7.81. The average Bonchev–Trinajstić information content (AvgIpc) is 3.37. The van der Waals surface area contributed by atoms with Crippen LogP contribution in [0.2, 0.25) is 0 Å². The summed E-state index contributed by atoms with van der Waals surface area (Å²) in [6.07, 6.45) is 21.4. The van der Waals surface area contributed by atoms with Crippen LogP contribution in [-0.2, 0) is 17.1 Å². The molecule has 2 aliphatic rings. The van der Waals surface area contributed by atoms with Gasteiger partial charge in [0, 0.05) is 54.3 Å². The molecule has 0 heterocycles. The van der Waals surface area contributed by atoms with Gasteiger partial charge in [0.05, 0.1) is 0 Å². The normalized spacial score (nSPS) is 14.0. The first-order chi connectivity index (χ1) is 12.2. The van der Waals surface area contributed by atoms with Gasteiger partial charge in [0.25, 0.3) is 0 Å². The largest absolute Gasteiger partial charge is 0.372 e. The minimum atomic E-state index is 0. The van der Waals surface area contributed by atoms with Crippen LogP contribution in [0.5, 0.6) is 0 Å². The summed E-state index contributed by atoms with van der Waals surface area (Å²) < 4.78 is 0. The SMILES string of the molecule is CCN(CC)c1ccc(C(=O)/C=C/C2=C[CH]C=C2)cc1.[CH]1C=CC=C1.[Fe]. The van der Waals surface area contributed by atoms with Crippen LogP contribution in [0.15, 0.2) is 84.5 Å². The van der Waals surface area contributed by atoms with E-state index in [1.807, 2.05) is 85.7 Å². The summed E-state index contributed by atoms with van der Waals surface area (Å²) in [5.41, 5.74) is 2.94. The molecule has 0 spiro atoms. The van der Waals surface area contributed by atoms with E-state index in [2.05, 4.69) is 18.7 Å². The smallest absolute Gasteiger partial charge is 0.185 e. The molecule has 3 rings (SSSR count). The molecule has 0 aliphatic heterocycles. The average molecular weight is 387 g/mol. The van der Waals surface area contributed by atoms with Crippen molar-refractivity contribution in [2.45, 2.75) is 13.8 Å². The Bertz CT molecular complexity index is 694. The molecule has 2 aliphatic carbocycles. The number of nitrogens with zero attached hydrogens (tertiary/aromatic N) is 1. The van der Waals surface area contributed by atoms with Gasteiger partial charge in [0.1, 0.15) is 0 Å². The second-order valence-electron chi connectivity index (χ2n) is 5.60.